The van der Waals surface area contributed by atoms with Crippen LogP contribution in [0.5, 0.6) is 5.75 Å². The van der Waals surface area contributed by atoms with Crippen molar-refractivity contribution >= 4 is 15.9 Å². The summed E-state index contributed by atoms with van der Waals surface area (Å²) in [5.74, 6) is 0.906. The fourth-order valence-electron chi connectivity index (χ4n) is 2.30. The predicted molar refractivity (Wildman–Crippen MR) is 91.9 cm³/mol. The molecule has 1 atom stereocenters. The number of hydrogen-bond donors (Lipinski definition) is 1. The van der Waals surface area contributed by atoms with Crippen LogP contribution >= 0.6 is 15.9 Å². The maximum absolute atomic E-state index is 5.72. The van der Waals surface area contributed by atoms with Gasteiger partial charge in [-0.2, -0.15) is 0 Å². The molecule has 3 heteroatoms. The number of benzene rings is 2. The summed E-state index contributed by atoms with van der Waals surface area (Å²) in [6.07, 6.45) is 1.01. The number of rotatable bonds is 7. The molecule has 1 unspecified atom stereocenters. The fraction of sp³-hybridized carbons (Fsp3) is 0.333. The second-order valence-electron chi connectivity index (χ2n) is 4.94. The van der Waals surface area contributed by atoms with E-state index in [-0.39, 0.29) is 6.04 Å². The maximum atomic E-state index is 5.72. The summed E-state index contributed by atoms with van der Waals surface area (Å²) >= 11 is 3.62. The quantitative estimate of drug-likeness (QED) is 0.765. The summed E-state index contributed by atoms with van der Waals surface area (Å²) < 4.78 is 6.73. The second kappa shape index (κ2) is 8.20. The normalized spacial score (nSPS) is 12.1. The van der Waals surface area contributed by atoms with Crippen molar-refractivity contribution < 1.29 is 4.74 Å². The van der Waals surface area contributed by atoms with Gasteiger partial charge in [0.1, 0.15) is 5.75 Å². The van der Waals surface area contributed by atoms with E-state index < -0.39 is 0 Å². The first-order valence-corrected chi connectivity index (χ1v) is 8.26. The van der Waals surface area contributed by atoms with Gasteiger partial charge in [-0.05, 0) is 52.2 Å². The van der Waals surface area contributed by atoms with Gasteiger partial charge in [0.2, 0.25) is 0 Å². The van der Waals surface area contributed by atoms with Gasteiger partial charge in [0.15, 0.2) is 0 Å². The fourth-order valence-corrected chi connectivity index (χ4v) is 2.81. The minimum Gasteiger partial charge on any atom is -0.492 e. The molecule has 0 heterocycles. The molecule has 2 aromatic carbocycles. The highest BCUT2D eigenvalue weighted by Crippen LogP contribution is 2.31. The van der Waals surface area contributed by atoms with Crippen molar-refractivity contribution in [2.24, 2.45) is 0 Å². The Morgan fingerprint density at radius 1 is 1.05 bits per heavy atom. The summed E-state index contributed by atoms with van der Waals surface area (Å²) in [5.41, 5.74) is 2.51. The van der Waals surface area contributed by atoms with Crippen molar-refractivity contribution in [1.82, 2.24) is 5.32 Å². The molecule has 2 aromatic rings. The average Bonchev–Trinajstić information content (AvgIpc) is 2.52. The van der Waals surface area contributed by atoms with Crippen LogP contribution in [0.3, 0.4) is 0 Å². The Morgan fingerprint density at radius 2 is 1.81 bits per heavy atom. The average molecular weight is 348 g/mol. The van der Waals surface area contributed by atoms with Gasteiger partial charge in [-0.25, -0.2) is 0 Å². The highest BCUT2D eigenvalue weighted by Gasteiger charge is 2.14. The molecule has 112 valence electrons. The Bertz CT molecular complexity index is 556. The van der Waals surface area contributed by atoms with E-state index in [1.807, 2.05) is 12.1 Å². The minimum atomic E-state index is 0.202. The first-order chi connectivity index (χ1) is 10.3. The Labute approximate surface area is 135 Å². The van der Waals surface area contributed by atoms with Gasteiger partial charge in [0.25, 0.3) is 0 Å². The van der Waals surface area contributed by atoms with Crippen molar-refractivity contribution in [3.05, 3.63) is 64.1 Å². The number of nitrogens with one attached hydrogen (secondary N) is 1. The van der Waals surface area contributed by atoms with Gasteiger partial charge < -0.3 is 10.1 Å². The Balaban J connectivity index is 2.27. The summed E-state index contributed by atoms with van der Waals surface area (Å²) in [4.78, 5) is 0. The third-order valence-corrected chi connectivity index (χ3v) is 3.91. The Hall–Kier alpha value is -1.32. The predicted octanol–water partition coefficient (Wildman–Crippen LogP) is 4.94. The first-order valence-electron chi connectivity index (χ1n) is 7.46. The molecule has 0 aliphatic carbocycles. The molecule has 2 rings (SSSR count). The second-order valence-corrected chi connectivity index (χ2v) is 5.79. The van der Waals surface area contributed by atoms with Gasteiger partial charge in [0, 0.05) is 0 Å². The molecule has 1 N–H and O–H groups in total. The van der Waals surface area contributed by atoms with Crippen molar-refractivity contribution in [2.75, 3.05) is 13.2 Å². The maximum Gasteiger partial charge on any atom is 0.133 e. The lowest BCUT2D eigenvalue weighted by Gasteiger charge is -2.20. The molecule has 0 radical (unpaired) electrons. The van der Waals surface area contributed by atoms with E-state index in [2.05, 4.69) is 71.5 Å². The van der Waals surface area contributed by atoms with Crippen LogP contribution in [0.15, 0.2) is 53.0 Å². The van der Waals surface area contributed by atoms with E-state index in [0.29, 0.717) is 0 Å². The molecule has 0 saturated carbocycles. The Morgan fingerprint density at radius 3 is 2.43 bits per heavy atom. The van der Waals surface area contributed by atoms with Crippen LogP contribution in [0.4, 0.5) is 0 Å². The van der Waals surface area contributed by atoms with Crippen LogP contribution in [0.2, 0.25) is 0 Å². The first kappa shape index (κ1) is 16.1. The van der Waals surface area contributed by atoms with E-state index in [9.17, 15) is 0 Å². The van der Waals surface area contributed by atoms with Gasteiger partial charge in [-0.1, -0.05) is 50.2 Å². The zero-order valence-electron chi connectivity index (χ0n) is 12.6. The van der Waals surface area contributed by atoms with Crippen LogP contribution in [-0.4, -0.2) is 13.2 Å². The monoisotopic (exact) mass is 347 g/mol. The molecular formula is C18H22BrNO. The molecule has 0 aromatic heterocycles. The number of hydrogen-bond acceptors (Lipinski definition) is 2. The molecule has 0 amide bonds. The SMILES string of the molecule is CCCOc1ccc(C(NCC)c2ccccc2)cc1Br. The van der Waals surface area contributed by atoms with E-state index >= 15 is 0 Å². The molecule has 2 nitrogen and oxygen atoms in total. The third kappa shape index (κ3) is 4.32. The van der Waals surface area contributed by atoms with E-state index in [1.165, 1.54) is 11.1 Å². The highest BCUT2D eigenvalue weighted by molar-refractivity contribution is 9.10. The van der Waals surface area contributed by atoms with Gasteiger partial charge in [0.05, 0.1) is 17.1 Å². The molecule has 0 fully saturated rings. The zero-order valence-corrected chi connectivity index (χ0v) is 14.2. The van der Waals surface area contributed by atoms with Crippen LogP contribution in [-0.2, 0) is 0 Å². The standard InChI is InChI=1S/C18H22BrNO/c1-3-12-21-17-11-10-15(13-16(17)19)18(20-4-2)14-8-6-5-7-9-14/h5-11,13,18,20H,3-4,12H2,1-2H3. The van der Waals surface area contributed by atoms with Gasteiger partial charge in [-0.3, -0.25) is 0 Å². The molecule has 0 spiro atoms. The largest absolute Gasteiger partial charge is 0.492 e. The minimum absolute atomic E-state index is 0.202. The van der Waals surface area contributed by atoms with Crippen LogP contribution in [0.25, 0.3) is 0 Å². The van der Waals surface area contributed by atoms with E-state index in [4.69, 9.17) is 4.74 Å². The Kier molecular flexibility index (Phi) is 6.27. The van der Waals surface area contributed by atoms with Crippen molar-refractivity contribution in [1.29, 1.82) is 0 Å². The van der Waals surface area contributed by atoms with E-state index in [0.717, 1.165) is 29.8 Å². The molecule has 0 bridgehead atoms. The zero-order chi connectivity index (χ0) is 15.1. The summed E-state index contributed by atoms with van der Waals surface area (Å²) in [6.45, 7) is 5.90. The lowest BCUT2D eigenvalue weighted by Crippen LogP contribution is -2.21. The summed E-state index contributed by atoms with van der Waals surface area (Å²) in [7, 11) is 0. The summed E-state index contributed by atoms with van der Waals surface area (Å²) in [5, 5.41) is 3.54. The van der Waals surface area contributed by atoms with Crippen molar-refractivity contribution in [3.8, 4) is 5.75 Å². The molecular weight excluding hydrogens is 326 g/mol. The highest BCUT2D eigenvalue weighted by atomic mass is 79.9. The lowest BCUT2D eigenvalue weighted by atomic mass is 9.98. The third-order valence-electron chi connectivity index (χ3n) is 3.29. The topological polar surface area (TPSA) is 21.3 Å². The van der Waals surface area contributed by atoms with Crippen LogP contribution < -0.4 is 10.1 Å². The lowest BCUT2D eigenvalue weighted by molar-refractivity contribution is 0.315. The summed E-state index contributed by atoms with van der Waals surface area (Å²) in [6, 6.07) is 17.0. The molecule has 0 aliphatic heterocycles. The molecule has 0 saturated heterocycles. The molecule has 21 heavy (non-hydrogen) atoms. The van der Waals surface area contributed by atoms with Gasteiger partial charge in [-0.15, -0.1) is 0 Å². The molecule has 0 aliphatic rings. The smallest absolute Gasteiger partial charge is 0.133 e. The number of ether oxygens (including phenoxy) is 1. The van der Waals surface area contributed by atoms with Crippen molar-refractivity contribution in [3.63, 3.8) is 0 Å². The van der Waals surface area contributed by atoms with Crippen LogP contribution in [0, 0.1) is 0 Å². The van der Waals surface area contributed by atoms with E-state index in [1.54, 1.807) is 0 Å². The van der Waals surface area contributed by atoms with Crippen LogP contribution in [0.1, 0.15) is 37.4 Å². The number of halogens is 1. The van der Waals surface area contributed by atoms with Crippen molar-refractivity contribution in [2.45, 2.75) is 26.3 Å². The van der Waals surface area contributed by atoms with Gasteiger partial charge >= 0.3 is 0 Å².